The first-order chi connectivity index (χ1) is 11.1. The van der Waals surface area contributed by atoms with Crippen molar-refractivity contribution in [2.45, 2.75) is 13.5 Å². The maximum Gasteiger partial charge on any atom is 0.289 e. The van der Waals surface area contributed by atoms with E-state index in [1.807, 2.05) is 37.3 Å². The molecule has 0 aliphatic rings. The molecule has 0 N–H and O–H groups in total. The molecule has 0 bridgehead atoms. The zero-order chi connectivity index (χ0) is 16.4. The van der Waals surface area contributed by atoms with Gasteiger partial charge in [-0.15, -0.1) is 0 Å². The smallest absolute Gasteiger partial charge is 0.289 e. The number of carbonyl (C=O) groups excluding carboxylic acids is 1. The molecule has 0 radical (unpaired) electrons. The lowest BCUT2D eigenvalue weighted by Crippen LogP contribution is -2.26. The molecule has 0 atom stereocenters. The molecule has 0 saturated heterocycles. The Labute approximate surface area is 135 Å². The highest BCUT2D eigenvalue weighted by Gasteiger charge is 2.17. The number of amides is 1. The van der Waals surface area contributed by atoms with Gasteiger partial charge in [-0.05, 0) is 47.5 Å². The second-order valence-electron chi connectivity index (χ2n) is 5.64. The summed E-state index contributed by atoms with van der Waals surface area (Å²) in [6.45, 7) is 2.40. The highest BCUT2D eigenvalue weighted by molar-refractivity contribution is 5.92. The molecule has 0 unspecified atom stereocenters. The van der Waals surface area contributed by atoms with Gasteiger partial charge in [-0.25, -0.2) is 0 Å². The van der Waals surface area contributed by atoms with Crippen LogP contribution in [0.3, 0.4) is 0 Å². The molecular formula is C19H19NO3. The van der Waals surface area contributed by atoms with Crippen LogP contribution in [0.5, 0.6) is 5.75 Å². The first-order valence-electron chi connectivity index (χ1n) is 7.45. The van der Waals surface area contributed by atoms with Crippen LogP contribution in [0.1, 0.15) is 21.7 Å². The summed E-state index contributed by atoms with van der Waals surface area (Å²) >= 11 is 0. The van der Waals surface area contributed by atoms with Crippen LogP contribution in [-0.4, -0.2) is 25.0 Å². The minimum absolute atomic E-state index is 0.109. The zero-order valence-corrected chi connectivity index (χ0v) is 13.5. The number of nitrogens with zero attached hydrogens (tertiary/aromatic N) is 1. The SMILES string of the molecule is COc1ccc2cc(CN(C)C(=O)c3occc3C)ccc2c1. The first kappa shape index (κ1) is 15.2. The summed E-state index contributed by atoms with van der Waals surface area (Å²) < 4.78 is 10.5. The molecule has 2 aromatic carbocycles. The predicted molar refractivity (Wildman–Crippen MR) is 89.7 cm³/mol. The molecule has 1 amide bonds. The van der Waals surface area contributed by atoms with E-state index < -0.39 is 0 Å². The lowest BCUT2D eigenvalue weighted by molar-refractivity contribution is 0.0752. The lowest BCUT2D eigenvalue weighted by Gasteiger charge is -2.17. The van der Waals surface area contributed by atoms with Crippen molar-refractivity contribution in [2.75, 3.05) is 14.2 Å². The molecule has 0 aliphatic carbocycles. The standard InChI is InChI=1S/C19H19NO3/c1-13-8-9-23-18(13)19(21)20(2)12-14-4-5-16-11-17(22-3)7-6-15(16)10-14/h4-11H,12H2,1-3H3. The van der Waals surface area contributed by atoms with Gasteiger partial charge in [0, 0.05) is 19.2 Å². The molecule has 3 rings (SSSR count). The van der Waals surface area contributed by atoms with E-state index in [9.17, 15) is 4.79 Å². The monoisotopic (exact) mass is 309 g/mol. The molecule has 1 heterocycles. The summed E-state index contributed by atoms with van der Waals surface area (Å²) in [5, 5.41) is 2.24. The average molecular weight is 309 g/mol. The lowest BCUT2D eigenvalue weighted by atomic mass is 10.1. The third kappa shape index (κ3) is 3.06. The minimum Gasteiger partial charge on any atom is -0.497 e. The van der Waals surface area contributed by atoms with Crippen LogP contribution in [0, 0.1) is 6.92 Å². The molecule has 0 aliphatic heterocycles. The van der Waals surface area contributed by atoms with E-state index in [1.54, 1.807) is 31.4 Å². The first-order valence-corrected chi connectivity index (χ1v) is 7.45. The average Bonchev–Trinajstić information content (AvgIpc) is 2.99. The van der Waals surface area contributed by atoms with Gasteiger partial charge in [-0.2, -0.15) is 0 Å². The van der Waals surface area contributed by atoms with Gasteiger partial charge in [0.25, 0.3) is 5.91 Å². The Morgan fingerprint density at radius 1 is 1.13 bits per heavy atom. The third-order valence-corrected chi connectivity index (χ3v) is 3.93. The van der Waals surface area contributed by atoms with E-state index in [2.05, 4.69) is 6.07 Å². The fourth-order valence-corrected chi connectivity index (χ4v) is 2.61. The summed E-state index contributed by atoms with van der Waals surface area (Å²) in [5.41, 5.74) is 1.93. The second kappa shape index (κ2) is 6.16. The van der Waals surface area contributed by atoms with E-state index >= 15 is 0 Å². The van der Waals surface area contributed by atoms with Crippen LogP contribution in [-0.2, 0) is 6.54 Å². The van der Waals surface area contributed by atoms with Crippen molar-refractivity contribution >= 4 is 16.7 Å². The quantitative estimate of drug-likeness (QED) is 0.731. The number of methoxy groups -OCH3 is 1. The van der Waals surface area contributed by atoms with Crippen LogP contribution in [0.4, 0.5) is 0 Å². The summed E-state index contributed by atoms with van der Waals surface area (Å²) in [5.74, 6) is 1.13. The number of hydrogen-bond donors (Lipinski definition) is 0. The zero-order valence-electron chi connectivity index (χ0n) is 13.5. The number of ether oxygens (including phenoxy) is 1. The summed E-state index contributed by atoms with van der Waals surface area (Å²) in [7, 11) is 3.44. The van der Waals surface area contributed by atoms with Gasteiger partial charge >= 0.3 is 0 Å². The molecule has 118 valence electrons. The number of hydrogen-bond acceptors (Lipinski definition) is 3. The van der Waals surface area contributed by atoms with Crippen LogP contribution >= 0.6 is 0 Å². The largest absolute Gasteiger partial charge is 0.497 e. The van der Waals surface area contributed by atoms with Gasteiger partial charge in [-0.3, -0.25) is 4.79 Å². The minimum atomic E-state index is -0.109. The van der Waals surface area contributed by atoms with Crippen molar-refractivity contribution in [1.29, 1.82) is 0 Å². The number of aryl methyl sites for hydroxylation is 1. The highest BCUT2D eigenvalue weighted by Crippen LogP contribution is 2.22. The molecule has 0 spiro atoms. The Morgan fingerprint density at radius 3 is 2.57 bits per heavy atom. The second-order valence-corrected chi connectivity index (χ2v) is 5.64. The van der Waals surface area contributed by atoms with Crippen molar-refractivity contribution in [3.63, 3.8) is 0 Å². The van der Waals surface area contributed by atoms with Gasteiger partial charge < -0.3 is 14.1 Å². The van der Waals surface area contributed by atoms with Gasteiger partial charge in [0.05, 0.1) is 13.4 Å². The Kier molecular flexibility index (Phi) is 4.06. The summed E-state index contributed by atoms with van der Waals surface area (Å²) in [6, 6.07) is 13.9. The van der Waals surface area contributed by atoms with Crippen molar-refractivity contribution < 1.29 is 13.9 Å². The normalized spacial score (nSPS) is 10.7. The molecule has 1 aromatic heterocycles. The Balaban J connectivity index is 1.81. The number of furan rings is 1. The molecule has 0 fully saturated rings. The molecule has 4 nitrogen and oxygen atoms in total. The van der Waals surface area contributed by atoms with E-state index in [-0.39, 0.29) is 5.91 Å². The number of rotatable bonds is 4. The predicted octanol–water partition coefficient (Wildman–Crippen LogP) is 4.02. The van der Waals surface area contributed by atoms with Crippen molar-refractivity contribution in [1.82, 2.24) is 4.90 Å². The van der Waals surface area contributed by atoms with Gasteiger partial charge in [0.15, 0.2) is 5.76 Å². The molecule has 0 saturated carbocycles. The Bertz CT molecular complexity index is 851. The van der Waals surface area contributed by atoms with Crippen LogP contribution < -0.4 is 4.74 Å². The van der Waals surface area contributed by atoms with Gasteiger partial charge in [-0.1, -0.05) is 18.2 Å². The highest BCUT2D eigenvalue weighted by atomic mass is 16.5. The number of benzene rings is 2. The fourth-order valence-electron chi connectivity index (χ4n) is 2.61. The fraction of sp³-hybridized carbons (Fsp3) is 0.211. The summed E-state index contributed by atoms with van der Waals surface area (Å²) in [4.78, 5) is 14.1. The molecule has 23 heavy (non-hydrogen) atoms. The molecule has 3 aromatic rings. The van der Waals surface area contributed by atoms with E-state index in [0.717, 1.165) is 27.6 Å². The van der Waals surface area contributed by atoms with E-state index in [4.69, 9.17) is 9.15 Å². The topological polar surface area (TPSA) is 42.7 Å². The summed E-state index contributed by atoms with van der Waals surface area (Å²) in [6.07, 6.45) is 1.54. The van der Waals surface area contributed by atoms with Crippen LogP contribution in [0.25, 0.3) is 10.8 Å². The van der Waals surface area contributed by atoms with E-state index in [0.29, 0.717) is 12.3 Å². The maximum absolute atomic E-state index is 12.4. The Morgan fingerprint density at radius 2 is 1.87 bits per heavy atom. The molecular weight excluding hydrogens is 290 g/mol. The van der Waals surface area contributed by atoms with Crippen LogP contribution in [0.2, 0.25) is 0 Å². The van der Waals surface area contributed by atoms with Crippen LogP contribution in [0.15, 0.2) is 53.1 Å². The number of carbonyl (C=O) groups is 1. The van der Waals surface area contributed by atoms with Gasteiger partial charge in [0.1, 0.15) is 5.75 Å². The Hall–Kier alpha value is -2.75. The van der Waals surface area contributed by atoms with Crippen molar-refractivity contribution in [3.8, 4) is 5.75 Å². The van der Waals surface area contributed by atoms with Crippen molar-refractivity contribution in [2.24, 2.45) is 0 Å². The van der Waals surface area contributed by atoms with Gasteiger partial charge in [0.2, 0.25) is 0 Å². The van der Waals surface area contributed by atoms with Crippen molar-refractivity contribution in [3.05, 3.63) is 65.6 Å². The van der Waals surface area contributed by atoms with E-state index in [1.165, 1.54) is 0 Å². The number of fused-ring (bicyclic) bond motifs is 1. The maximum atomic E-state index is 12.4. The molecule has 4 heteroatoms. The third-order valence-electron chi connectivity index (χ3n) is 3.93.